The van der Waals surface area contributed by atoms with Gasteiger partial charge in [-0.15, -0.1) is 0 Å². The molecule has 0 radical (unpaired) electrons. The Balaban J connectivity index is 1.74. The topological polar surface area (TPSA) is 41.5 Å². The van der Waals surface area contributed by atoms with Crippen LogP contribution >= 0.6 is 0 Å². The molecule has 0 aliphatic heterocycles. The monoisotopic (exact) mass is 405 g/mol. The summed E-state index contributed by atoms with van der Waals surface area (Å²) in [4.78, 5) is 0. The minimum Gasteiger partial charge on any atom is -0.389 e. The Kier molecular flexibility index (Phi) is 18.4. The molecule has 3 heteroatoms. The van der Waals surface area contributed by atoms with Gasteiger partial charge in [-0.3, -0.25) is 0 Å². The Morgan fingerprint density at radius 1 is 0.759 bits per heavy atom. The molecule has 2 N–H and O–H groups in total. The summed E-state index contributed by atoms with van der Waals surface area (Å²) in [6.07, 6.45) is 18.8. The Morgan fingerprint density at radius 2 is 1.28 bits per heavy atom. The fourth-order valence-electron chi connectivity index (χ4n) is 3.66. The highest BCUT2D eigenvalue weighted by molar-refractivity contribution is 5.14. The first-order valence-corrected chi connectivity index (χ1v) is 12.3. The molecular formula is C26H47NO2. The predicted octanol–water partition coefficient (Wildman–Crippen LogP) is 6.64. The first-order chi connectivity index (χ1) is 14.3. The number of hydrogen-bond acceptors (Lipinski definition) is 3. The zero-order chi connectivity index (χ0) is 20.8. The summed E-state index contributed by atoms with van der Waals surface area (Å²) in [6.45, 7) is 4.85. The lowest BCUT2D eigenvalue weighted by atomic mass is 10.0. The van der Waals surface area contributed by atoms with Crippen molar-refractivity contribution in [3.8, 4) is 0 Å². The van der Waals surface area contributed by atoms with Crippen molar-refractivity contribution in [3.05, 3.63) is 35.9 Å². The van der Waals surface area contributed by atoms with Gasteiger partial charge in [-0.05, 0) is 12.0 Å². The number of unbranched alkanes of at least 4 members (excludes halogenated alkanes) is 13. The summed E-state index contributed by atoms with van der Waals surface area (Å²) < 4.78 is 5.62. The predicted molar refractivity (Wildman–Crippen MR) is 125 cm³/mol. The van der Waals surface area contributed by atoms with E-state index < -0.39 is 6.10 Å². The maximum Gasteiger partial charge on any atom is 0.0897 e. The van der Waals surface area contributed by atoms with Crippen molar-refractivity contribution in [2.75, 3.05) is 19.8 Å². The van der Waals surface area contributed by atoms with E-state index in [0.29, 0.717) is 13.2 Å². The Hall–Kier alpha value is -0.900. The Labute approximate surface area is 180 Å². The van der Waals surface area contributed by atoms with E-state index in [9.17, 15) is 5.11 Å². The number of rotatable bonds is 21. The molecule has 29 heavy (non-hydrogen) atoms. The third-order valence-electron chi connectivity index (χ3n) is 5.50. The number of nitrogens with one attached hydrogen (secondary N) is 1. The van der Waals surface area contributed by atoms with Crippen LogP contribution in [0.25, 0.3) is 0 Å². The summed E-state index contributed by atoms with van der Waals surface area (Å²) in [6, 6.07) is 10.3. The van der Waals surface area contributed by atoms with Gasteiger partial charge < -0.3 is 15.2 Å². The summed E-state index contributed by atoms with van der Waals surface area (Å²) in [7, 11) is 0. The number of aliphatic hydroxyl groups excluding tert-OH is 1. The number of hydrogen-bond donors (Lipinski definition) is 2. The lowest BCUT2D eigenvalue weighted by molar-refractivity contribution is 0.0353. The van der Waals surface area contributed by atoms with E-state index in [0.717, 1.165) is 19.6 Å². The third kappa shape index (κ3) is 17.7. The summed E-state index contributed by atoms with van der Waals surface area (Å²) in [5.41, 5.74) is 1.24. The highest BCUT2D eigenvalue weighted by Crippen LogP contribution is 2.13. The van der Waals surface area contributed by atoms with E-state index in [4.69, 9.17) is 4.74 Å². The van der Waals surface area contributed by atoms with Crippen molar-refractivity contribution < 1.29 is 9.84 Å². The van der Waals surface area contributed by atoms with Crippen molar-refractivity contribution in [3.63, 3.8) is 0 Å². The second-order valence-corrected chi connectivity index (χ2v) is 8.44. The lowest BCUT2D eigenvalue weighted by Gasteiger charge is -2.12. The minimum atomic E-state index is -0.426. The molecule has 0 fully saturated rings. The fraction of sp³-hybridized carbons (Fsp3) is 0.769. The van der Waals surface area contributed by atoms with Crippen LogP contribution in [0.3, 0.4) is 0 Å². The second-order valence-electron chi connectivity index (χ2n) is 8.44. The molecule has 0 aliphatic carbocycles. The molecule has 0 saturated carbocycles. The second kappa shape index (κ2) is 20.4. The molecule has 0 heterocycles. The number of aliphatic hydroxyl groups is 1. The molecule has 1 atom stereocenters. The molecule has 0 unspecified atom stereocenters. The first-order valence-electron chi connectivity index (χ1n) is 12.3. The molecule has 0 aliphatic rings. The van der Waals surface area contributed by atoms with E-state index in [1.165, 1.54) is 89.0 Å². The van der Waals surface area contributed by atoms with Crippen molar-refractivity contribution in [1.29, 1.82) is 0 Å². The minimum absolute atomic E-state index is 0.426. The molecule has 3 nitrogen and oxygen atoms in total. The van der Waals surface area contributed by atoms with Crippen LogP contribution in [0.2, 0.25) is 0 Å². The number of benzene rings is 1. The summed E-state index contributed by atoms with van der Waals surface area (Å²) >= 11 is 0. The molecule has 0 saturated heterocycles. The van der Waals surface area contributed by atoms with Crippen molar-refractivity contribution >= 4 is 0 Å². The van der Waals surface area contributed by atoms with Crippen LogP contribution in [-0.2, 0) is 11.3 Å². The largest absolute Gasteiger partial charge is 0.389 e. The van der Waals surface area contributed by atoms with E-state index in [2.05, 4.69) is 24.4 Å². The van der Waals surface area contributed by atoms with Crippen LogP contribution < -0.4 is 5.32 Å². The van der Waals surface area contributed by atoms with Gasteiger partial charge in [0, 0.05) is 19.7 Å². The van der Waals surface area contributed by atoms with Crippen LogP contribution in [-0.4, -0.2) is 31.0 Å². The van der Waals surface area contributed by atoms with Gasteiger partial charge in [0.1, 0.15) is 0 Å². The molecule has 0 bridgehead atoms. The molecule has 0 aromatic heterocycles. The van der Waals surface area contributed by atoms with Gasteiger partial charge in [0.15, 0.2) is 0 Å². The number of ether oxygens (including phenoxy) is 1. The molecular weight excluding hydrogens is 358 g/mol. The molecule has 1 aromatic carbocycles. The molecule has 0 amide bonds. The van der Waals surface area contributed by atoms with Gasteiger partial charge in [0.25, 0.3) is 0 Å². The van der Waals surface area contributed by atoms with Gasteiger partial charge in [-0.25, -0.2) is 0 Å². The maximum atomic E-state index is 9.95. The van der Waals surface area contributed by atoms with Gasteiger partial charge in [-0.1, -0.05) is 121 Å². The molecule has 168 valence electrons. The Morgan fingerprint density at radius 3 is 1.83 bits per heavy atom. The average molecular weight is 406 g/mol. The van der Waals surface area contributed by atoms with Crippen LogP contribution in [0.4, 0.5) is 0 Å². The van der Waals surface area contributed by atoms with Crippen LogP contribution in [0.15, 0.2) is 30.3 Å². The molecule has 1 rings (SSSR count). The summed E-state index contributed by atoms with van der Waals surface area (Å²) in [5, 5.41) is 13.2. The zero-order valence-electron chi connectivity index (χ0n) is 19.0. The normalized spacial score (nSPS) is 12.3. The first kappa shape index (κ1) is 26.1. The van der Waals surface area contributed by atoms with Gasteiger partial charge in [0.05, 0.1) is 12.7 Å². The van der Waals surface area contributed by atoms with Crippen LogP contribution in [0.1, 0.15) is 102 Å². The smallest absolute Gasteiger partial charge is 0.0897 e. The van der Waals surface area contributed by atoms with E-state index in [1.807, 2.05) is 18.2 Å². The molecule has 1 aromatic rings. The van der Waals surface area contributed by atoms with Gasteiger partial charge >= 0.3 is 0 Å². The highest BCUT2D eigenvalue weighted by atomic mass is 16.5. The maximum absolute atomic E-state index is 9.95. The lowest BCUT2D eigenvalue weighted by Crippen LogP contribution is -2.30. The van der Waals surface area contributed by atoms with Gasteiger partial charge in [-0.2, -0.15) is 0 Å². The third-order valence-corrected chi connectivity index (χ3v) is 5.50. The SMILES string of the molecule is CCCCCCCCCCCCCCCCOC[C@H](O)CNCc1ccccc1. The standard InChI is InChI=1S/C26H47NO2/c1-2-3-4-5-6-7-8-9-10-11-12-13-14-18-21-29-24-26(28)23-27-22-25-19-16-15-17-20-25/h15-17,19-20,26-28H,2-14,18,21-24H2,1H3/t26-/m1/s1. The van der Waals surface area contributed by atoms with Crippen LogP contribution in [0.5, 0.6) is 0 Å². The van der Waals surface area contributed by atoms with E-state index in [1.54, 1.807) is 0 Å². The summed E-state index contributed by atoms with van der Waals surface area (Å²) in [5.74, 6) is 0. The Bertz CT molecular complexity index is 438. The fourth-order valence-corrected chi connectivity index (χ4v) is 3.66. The average Bonchev–Trinajstić information content (AvgIpc) is 2.74. The van der Waals surface area contributed by atoms with Crippen molar-refractivity contribution in [2.24, 2.45) is 0 Å². The highest BCUT2D eigenvalue weighted by Gasteiger charge is 2.03. The van der Waals surface area contributed by atoms with Crippen molar-refractivity contribution in [2.45, 2.75) is 109 Å². The van der Waals surface area contributed by atoms with E-state index >= 15 is 0 Å². The quantitative estimate of drug-likeness (QED) is 0.225. The van der Waals surface area contributed by atoms with Crippen LogP contribution in [0, 0.1) is 0 Å². The zero-order valence-corrected chi connectivity index (χ0v) is 19.0. The van der Waals surface area contributed by atoms with Crippen molar-refractivity contribution in [1.82, 2.24) is 5.32 Å². The molecule has 0 spiro atoms. The van der Waals surface area contributed by atoms with E-state index in [-0.39, 0.29) is 0 Å². The van der Waals surface area contributed by atoms with Gasteiger partial charge in [0.2, 0.25) is 0 Å².